The third-order valence-electron chi connectivity index (χ3n) is 4.88. The van der Waals surface area contributed by atoms with Crippen molar-refractivity contribution in [1.29, 1.82) is 0 Å². The first-order valence-corrected chi connectivity index (χ1v) is 9.88. The van der Waals surface area contributed by atoms with E-state index in [0.717, 1.165) is 11.3 Å². The summed E-state index contributed by atoms with van der Waals surface area (Å²) in [6.07, 6.45) is -1.09. The SMILES string of the molecule is CC.COC(=O)N1CCc2c(c(N(C)c3cc(C(F)F)c(C)cn3)nn2CCO)C1. The molecule has 0 aliphatic carbocycles. The molecule has 1 aliphatic heterocycles. The summed E-state index contributed by atoms with van der Waals surface area (Å²) >= 11 is 0. The Bertz CT molecular complexity index is 872. The smallest absolute Gasteiger partial charge is 0.409 e. The second-order valence-corrected chi connectivity index (χ2v) is 6.60. The maximum Gasteiger partial charge on any atom is 0.409 e. The van der Waals surface area contributed by atoms with Gasteiger partial charge >= 0.3 is 6.09 Å². The molecule has 1 amide bonds. The highest BCUT2D eigenvalue weighted by atomic mass is 19.3. The summed E-state index contributed by atoms with van der Waals surface area (Å²) in [6, 6.07) is 1.35. The van der Waals surface area contributed by atoms with Gasteiger partial charge in [0.2, 0.25) is 0 Å². The van der Waals surface area contributed by atoms with Crippen LogP contribution in [0.5, 0.6) is 0 Å². The van der Waals surface area contributed by atoms with Crippen molar-refractivity contribution in [1.82, 2.24) is 19.7 Å². The molecule has 10 heteroatoms. The summed E-state index contributed by atoms with van der Waals surface area (Å²) < 4.78 is 33.1. The second-order valence-electron chi connectivity index (χ2n) is 6.60. The quantitative estimate of drug-likeness (QED) is 0.790. The monoisotopic (exact) mass is 425 g/mol. The van der Waals surface area contributed by atoms with Crippen LogP contribution in [0.15, 0.2) is 12.3 Å². The molecule has 30 heavy (non-hydrogen) atoms. The van der Waals surface area contributed by atoms with Gasteiger partial charge in [-0.05, 0) is 18.6 Å². The average Bonchev–Trinajstić information content (AvgIpc) is 3.12. The molecule has 0 saturated carbocycles. The van der Waals surface area contributed by atoms with Gasteiger partial charge in [-0.1, -0.05) is 13.8 Å². The van der Waals surface area contributed by atoms with Crippen molar-refractivity contribution in [3.63, 3.8) is 0 Å². The third-order valence-corrected chi connectivity index (χ3v) is 4.88. The minimum Gasteiger partial charge on any atom is -0.453 e. The van der Waals surface area contributed by atoms with Gasteiger partial charge in [-0.15, -0.1) is 0 Å². The summed E-state index contributed by atoms with van der Waals surface area (Å²) in [5.74, 6) is 0.834. The highest BCUT2D eigenvalue weighted by molar-refractivity contribution is 5.69. The van der Waals surface area contributed by atoms with Crippen molar-refractivity contribution in [3.05, 3.63) is 34.6 Å². The molecule has 2 aromatic rings. The Hall–Kier alpha value is -2.75. The summed E-state index contributed by atoms with van der Waals surface area (Å²) in [4.78, 5) is 19.4. The number of hydrogen-bond acceptors (Lipinski definition) is 6. The van der Waals surface area contributed by atoms with Gasteiger partial charge in [0.25, 0.3) is 6.43 Å². The average molecular weight is 425 g/mol. The number of aliphatic hydroxyl groups excluding tert-OH is 1. The van der Waals surface area contributed by atoms with Crippen molar-refractivity contribution < 1.29 is 23.4 Å². The Morgan fingerprint density at radius 2 is 2.10 bits per heavy atom. The van der Waals surface area contributed by atoms with Crippen LogP contribution < -0.4 is 4.90 Å². The number of nitrogens with zero attached hydrogens (tertiary/aromatic N) is 5. The topological polar surface area (TPSA) is 83.7 Å². The van der Waals surface area contributed by atoms with Crippen molar-refractivity contribution in [2.24, 2.45) is 0 Å². The number of fused-ring (bicyclic) bond motifs is 1. The first-order chi connectivity index (χ1) is 14.4. The maximum absolute atomic E-state index is 13.3. The number of alkyl halides is 2. The molecule has 0 unspecified atom stereocenters. The summed E-state index contributed by atoms with van der Waals surface area (Å²) in [6.45, 7) is 6.55. The van der Waals surface area contributed by atoms with E-state index in [9.17, 15) is 18.7 Å². The molecular formula is C20H29F2N5O3. The maximum atomic E-state index is 13.3. The number of carbonyl (C=O) groups excluding carboxylic acids is 1. The number of halogens is 2. The van der Waals surface area contributed by atoms with E-state index in [1.165, 1.54) is 19.4 Å². The number of aliphatic hydroxyl groups is 1. The van der Waals surface area contributed by atoms with E-state index in [1.54, 1.807) is 28.5 Å². The fraction of sp³-hybridized carbons (Fsp3) is 0.550. The number of ether oxygens (including phenoxy) is 1. The zero-order valence-electron chi connectivity index (χ0n) is 18.0. The lowest BCUT2D eigenvalue weighted by atomic mass is 10.1. The fourth-order valence-electron chi connectivity index (χ4n) is 3.36. The standard InChI is InChI=1S/C18H23F2N5O3.C2H6/c1-11-9-21-15(8-12(11)16(19)20)23(2)17-13-10-24(18(27)28-3)5-4-14(13)25(22-17)6-7-26;1-2/h8-9,16,26H,4-7,10H2,1-3H3;1-2H3. The lowest BCUT2D eigenvalue weighted by molar-refractivity contribution is 0.118. The van der Waals surface area contributed by atoms with Gasteiger partial charge in [0.05, 0.1) is 26.8 Å². The molecule has 0 aromatic carbocycles. The molecule has 0 bridgehead atoms. The molecule has 8 nitrogen and oxygen atoms in total. The highest BCUT2D eigenvalue weighted by Crippen LogP contribution is 2.33. The molecule has 0 spiro atoms. The second kappa shape index (κ2) is 10.3. The van der Waals surface area contributed by atoms with E-state index < -0.39 is 12.5 Å². The van der Waals surface area contributed by atoms with Crippen LogP contribution in [0.3, 0.4) is 0 Å². The van der Waals surface area contributed by atoms with Crippen molar-refractivity contribution in [2.45, 2.75) is 46.7 Å². The normalized spacial score (nSPS) is 12.9. The summed E-state index contributed by atoms with van der Waals surface area (Å²) in [5, 5.41) is 13.9. The predicted molar refractivity (Wildman–Crippen MR) is 109 cm³/mol. The van der Waals surface area contributed by atoms with E-state index in [0.29, 0.717) is 36.7 Å². The van der Waals surface area contributed by atoms with E-state index >= 15 is 0 Å². The van der Waals surface area contributed by atoms with Crippen LogP contribution >= 0.6 is 0 Å². The molecule has 0 fully saturated rings. The summed E-state index contributed by atoms with van der Waals surface area (Å²) in [7, 11) is 3.01. The fourth-order valence-corrected chi connectivity index (χ4v) is 3.36. The number of carbonyl (C=O) groups is 1. The van der Waals surface area contributed by atoms with Gasteiger partial charge in [0, 0.05) is 43.0 Å². The molecular weight excluding hydrogens is 396 g/mol. The van der Waals surface area contributed by atoms with Crippen LogP contribution in [-0.4, -0.2) is 58.2 Å². The lowest BCUT2D eigenvalue weighted by Gasteiger charge is -2.27. The van der Waals surface area contributed by atoms with Gasteiger partial charge in [0.15, 0.2) is 5.82 Å². The lowest BCUT2D eigenvalue weighted by Crippen LogP contribution is -2.36. The van der Waals surface area contributed by atoms with Crippen molar-refractivity contribution in [3.8, 4) is 0 Å². The Morgan fingerprint density at radius 3 is 2.70 bits per heavy atom. The zero-order chi connectivity index (χ0) is 22.4. The van der Waals surface area contributed by atoms with Crippen molar-refractivity contribution >= 4 is 17.7 Å². The molecule has 166 valence electrons. The summed E-state index contributed by atoms with van der Waals surface area (Å²) in [5.41, 5.74) is 2.01. The van der Waals surface area contributed by atoms with Crippen molar-refractivity contribution in [2.75, 3.05) is 32.2 Å². The molecule has 0 atom stereocenters. The largest absolute Gasteiger partial charge is 0.453 e. The minimum atomic E-state index is -2.61. The Balaban J connectivity index is 0.00000155. The van der Waals surface area contributed by atoms with Crippen LogP contribution in [0.2, 0.25) is 0 Å². The number of anilines is 2. The Kier molecular flexibility index (Phi) is 8.10. The van der Waals surface area contributed by atoms with Gasteiger partial charge < -0.3 is 19.6 Å². The number of amides is 1. The predicted octanol–water partition coefficient (Wildman–Crippen LogP) is 3.44. The zero-order valence-corrected chi connectivity index (χ0v) is 18.0. The molecule has 2 aromatic heterocycles. The molecule has 1 N–H and O–H groups in total. The van der Waals surface area contributed by atoms with Gasteiger partial charge in [-0.2, -0.15) is 5.10 Å². The number of hydrogen-bond donors (Lipinski definition) is 1. The van der Waals surface area contributed by atoms with E-state index in [-0.39, 0.29) is 18.7 Å². The number of pyridine rings is 1. The molecule has 0 saturated heterocycles. The minimum absolute atomic E-state index is 0.0864. The first-order valence-electron chi connectivity index (χ1n) is 9.88. The van der Waals surface area contributed by atoms with Crippen LogP contribution in [-0.2, 0) is 24.2 Å². The van der Waals surface area contributed by atoms with Crippen LogP contribution in [0.1, 0.15) is 42.7 Å². The number of methoxy groups -OCH3 is 1. The molecule has 3 heterocycles. The van der Waals surface area contributed by atoms with E-state index in [2.05, 4.69) is 10.1 Å². The van der Waals surface area contributed by atoms with Gasteiger partial charge in [0.1, 0.15) is 5.82 Å². The number of aryl methyl sites for hydroxylation is 1. The third kappa shape index (κ3) is 4.69. The van der Waals surface area contributed by atoms with Crippen LogP contribution in [0.25, 0.3) is 0 Å². The van der Waals surface area contributed by atoms with Gasteiger partial charge in [-0.25, -0.2) is 18.6 Å². The van der Waals surface area contributed by atoms with Gasteiger partial charge in [-0.3, -0.25) is 4.68 Å². The molecule has 0 radical (unpaired) electrons. The first kappa shape index (κ1) is 23.5. The number of rotatable bonds is 5. The van der Waals surface area contributed by atoms with Crippen LogP contribution in [0.4, 0.5) is 25.2 Å². The molecule has 3 rings (SSSR count). The number of aromatic nitrogens is 3. The Morgan fingerprint density at radius 1 is 1.40 bits per heavy atom. The van der Waals surface area contributed by atoms with Crippen LogP contribution in [0, 0.1) is 6.92 Å². The van der Waals surface area contributed by atoms with E-state index in [1.807, 2.05) is 13.8 Å². The molecule has 1 aliphatic rings. The van der Waals surface area contributed by atoms with E-state index in [4.69, 9.17) is 4.74 Å². The highest BCUT2D eigenvalue weighted by Gasteiger charge is 2.30. The Labute approximate surface area is 175 Å².